The number of rotatable bonds is 3. The van der Waals surface area contributed by atoms with Crippen molar-refractivity contribution in [2.75, 3.05) is 17.2 Å². The first-order valence-electron chi connectivity index (χ1n) is 12.0. The molecule has 2 aliphatic heterocycles. The van der Waals surface area contributed by atoms with Crippen molar-refractivity contribution in [2.45, 2.75) is 64.3 Å². The molecule has 0 bridgehead atoms. The maximum atomic E-state index is 13.6. The van der Waals surface area contributed by atoms with Gasteiger partial charge in [-0.1, -0.05) is 24.3 Å². The Morgan fingerprint density at radius 1 is 1.22 bits per heavy atom. The molecule has 2 aromatic carbocycles. The van der Waals surface area contributed by atoms with Crippen LogP contribution in [0.5, 0.6) is 0 Å². The van der Waals surface area contributed by atoms with Crippen LogP contribution in [0.2, 0.25) is 0 Å². The molecule has 0 spiro atoms. The molecule has 0 aromatic heterocycles. The summed E-state index contributed by atoms with van der Waals surface area (Å²) in [4.78, 5) is 27.8. The SMILES string of the molecule is CC(C)(C)OC(=O)N1CCC[C@@]1(C)C(=O)Nc1cc(C(F)(F)F)ccc1C1=C(N)Nc2[c]cccc2C1. The number of carbonyl (C=O) groups excluding carboxylic acids is 2. The molecule has 0 unspecified atom stereocenters. The van der Waals surface area contributed by atoms with Crippen molar-refractivity contribution in [3.8, 4) is 0 Å². The molecule has 2 amide bonds. The molecule has 0 saturated carbocycles. The number of fused-ring (bicyclic) bond motifs is 1. The van der Waals surface area contributed by atoms with E-state index in [4.69, 9.17) is 10.5 Å². The number of halogens is 3. The van der Waals surface area contributed by atoms with Crippen LogP contribution in [0.3, 0.4) is 0 Å². The third kappa shape index (κ3) is 5.38. The highest BCUT2D eigenvalue weighted by atomic mass is 19.4. The van der Waals surface area contributed by atoms with Gasteiger partial charge < -0.3 is 21.1 Å². The topological polar surface area (TPSA) is 96.7 Å². The van der Waals surface area contributed by atoms with Crippen LogP contribution in [0.1, 0.15) is 57.2 Å². The van der Waals surface area contributed by atoms with Crippen molar-refractivity contribution in [1.29, 1.82) is 0 Å². The van der Waals surface area contributed by atoms with Crippen molar-refractivity contribution in [3.05, 3.63) is 65.0 Å². The van der Waals surface area contributed by atoms with E-state index in [0.717, 1.165) is 17.7 Å². The average molecular weight is 516 g/mol. The second-order valence-corrected chi connectivity index (χ2v) is 10.5. The molecule has 7 nitrogen and oxygen atoms in total. The number of nitrogens with one attached hydrogen (secondary N) is 2. The lowest BCUT2D eigenvalue weighted by Crippen LogP contribution is -2.54. The zero-order chi connectivity index (χ0) is 27.2. The van der Waals surface area contributed by atoms with Gasteiger partial charge in [-0.05, 0) is 58.2 Å². The number of amides is 2. The van der Waals surface area contributed by atoms with Gasteiger partial charge in [-0.3, -0.25) is 9.69 Å². The molecule has 37 heavy (non-hydrogen) atoms. The molecule has 1 atom stereocenters. The smallest absolute Gasteiger partial charge is 0.416 e. The number of hydrogen-bond donors (Lipinski definition) is 3. The van der Waals surface area contributed by atoms with Gasteiger partial charge in [-0.2, -0.15) is 13.2 Å². The van der Waals surface area contributed by atoms with Gasteiger partial charge in [0, 0.05) is 35.9 Å². The molecule has 2 aromatic rings. The van der Waals surface area contributed by atoms with E-state index in [2.05, 4.69) is 16.7 Å². The Labute approximate surface area is 213 Å². The van der Waals surface area contributed by atoms with E-state index in [1.54, 1.807) is 39.8 Å². The van der Waals surface area contributed by atoms with Crippen molar-refractivity contribution >= 4 is 28.9 Å². The quantitative estimate of drug-likeness (QED) is 0.500. The monoisotopic (exact) mass is 515 g/mol. The van der Waals surface area contributed by atoms with E-state index in [1.165, 1.54) is 11.0 Å². The van der Waals surface area contributed by atoms with Crippen molar-refractivity contribution in [2.24, 2.45) is 5.73 Å². The highest BCUT2D eigenvalue weighted by Gasteiger charge is 2.47. The summed E-state index contributed by atoms with van der Waals surface area (Å²) in [5.74, 6) is -0.347. The lowest BCUT2D eigenvalue weighted by Gasteiger charge is -2.35. The summed E-state index contributed by atoms with van der Waals surface area (Å²) in [5.41, 5.74) is 5.68. The molecular formula is C27H30F3N4O3. The van der Waals surface area contributed by atoms with Gasteiger partial charge in [-0.25, -0.2) is 4.79 Å². The fraction of sp³-hybridized carbons (Fsp3) is 0.407. The molecule has 4 rings (SSSR count). The van der Waals surface area contributed by atoms with Gasteiger partial charge in [0.1, 0.15) is 17.0 Å². The molecule has 2 heterocycles. The maximum absolute atomic E-state index is 13.6. The van der Waals surface area contributed by atoms with Gasteiger partial charge in [0.15, 0.2) is 0 Å². The summed E-state index contributed by atoms with van der Waals surface area (Å²) >= 11 is 0. The van der Waals surface area contributed by atoms with E-state index in [-0.39, 0.29) is 11.5 Å². The number of carbonyl (C=O) groups is 2. The first kappa shape index (κ1) is 26.4. The van der Waals surface area contributed by atoms with Gasteiger partial charge in [0.2, 0.25) is 5.91 Å². The zero-order valence-electron chi connectivity index (χ0n) is 21.2. The van der Waals surface area contributed by atoms with Crippen LogP contribution >= 0.6 is 0 Å². The van der Waals surface area contributed by atoms with Crippen LogP contribution < -0.4 is 16.4 Å². The summed E-state index contributed by atoms with van der Waals surface area (Å²) in [7, 11) is 0. The van der Waals surface area contributed by atoms with Crippen molar-refractivity contribution in [3.63, 3.8) is 0 Å². The normalized spacial score (nSPS) is 19.8. The van der Waals surface area contributed by atoms with E-state index in [0.29, 0.717) is 42.6 Å². The zero-order valence-corrected chi connectivity index (χ0v) is 21.2. The maximum Gasteiger partial charge on any atom is 0.416 e. The number of ether oxygens (including phenoxy) is 1. The molecule has 2 aliphatic rings. The largest absolute Gasteiger partial charge is 0.444 e. The molecule has 10 heteroatoms. The fourth-order valence-electron chi connectivity index (χ4n) is 4.62. The predicted octanol–water partition coefficient (Wildman–Crippen LogP) is 5.53. The number of alkyl halides is 3. The number of likely N-dealkylation sites (tertiary alicyclic amines) is 1. The summed E-state index contributed by atoms with van der Waals surface area (Å²) in [6.07, 6.45) is -4.05. The molecule has 1 saturated heterocycles. The van der Waals surface area contributed by atoms with Gasteiger partial charge in [0.05, 0.1) is 11.3 Å². The molecule has 4 N–H and O–H groups in total. The minimum atomic E-state index is -4.62. The average Bonchev–Trinajstić information content (AvgIpc) is 3.20. The fourth-order valence-corrected chi connectivity index (χ4v) is 4.62. The van der Waals surface area contributed by atoms with Gasteiger partial charge in [0.25, 0.3) is 0 Å². The molecular weight excluding hydrogens is 485 g/mol. The molecule has 197 valence electrons. The Hall–Kier alpha value is -3.69. The highest BCUT2D eigenvalue weighted by molar-refractivity contribution is 6.02. The highest BCUT2D eigenvalue weighted by Crippen LogP contribution is 2.39. The van der Waals surface area contributed by atoms with Crippen molar-refractivity contribution < 1.29 is 27.5 Å². The molecule has 0 aliphatic carbocycles. The van der Waals surface area contributed by atoms with E-state index >= 15 is 0 Å². The number of anilines is 2. The first-order chi connectivity index (χ1) is 17.2. The number of para-hydroxylation sites is 1. The Morgan fingerprint density at radius 2 is 1.95 bits per heavy atom. The standard InChI is InChI=1S/C27H30F3N4O3/c1-25(2,3)37-24(36)34-13-7-12-26(34,4)23(35)33-21-15-17(27(28,29)30)10-11-18(21)19-14-16-8-5-6-9-20(16)32-22(19)31/h5-6,8,10-11,15,32H,7,12-14,31H2,1-4H3,(H,33,35)/t26-/m0/s1. The minimum absolute atomic E-state index is 0.0415. The van der Waals surface area contributed by atoms with Crippen molar-refractivity contribution in [1.82, 2.24) is 4.90 Å². The van der Waals surface area contributed by atoms with Crippen LogP contribution in [0.15, 0.2) is 42.2 Å². The van der Waals surface area contributed by atoms with Gasteiger partial charge in [-0.15, -0.1) is 0 Å². The number of allylic oxidation sites excluding steroid dienone is 1. The van der Waals surface area contributed by atoms with Crippen LogP contribution in [0.25, 0.3) is 5.57 Å². The Morgan fingerprint density at radius 3 is 2.62 bits per heavy atom. The van der Waals surface area contributed by atoms with Crippen LogP contribution in [0.4, 0.5) is 29.3 Å². The van der Waals surface area contributed by atoms with Crippen LogP contribution in [-0.4, -0.2) is 34.6 Å². The summed E-state index contributed by atoms with van der Waals surface area (Å²) < 4.78 is 46.3. The summed E-state index contributed by atoms with van der Waals surface area (Å²) in [5, 5.41) is 5.72. The summed E-state index contributed by atoms with van der Waals surface area (Å²) in [6, 6.07) is 11.6. The Bertz CT molecular complexity index is 1270. The lowest BCUT2D eigenvalue weighted by molar-refractivity contribution is -0.137. The second kappa shape index (κ2) is 9.32. The van der Waals surface area contributed by atoms with E-state index < -0.39 is 34.9 Å². The molecule has 1 fully saturated rings. The first-order valence-corrected chi connectivity index (χ1v) is 12.0. The number of nitrogens with zero attached hydrogens (tertiary/aromatic N) is 1. The third-order valence-electron chi connectivity index (χ3n) is 6.56. The van der Waals surface area contributed by atoms with Crippen LogP contribution in [-0.2, 0) is 22.1 Å². The third-order valence-corrected chi connectivity index (χ3v) is 6.56. The predicted molar refractivity (Wildman–Crippen MR) is 134 cm³/mol. The Balaban J connectivity index is 1.71. The Kier molecular flexibility index (Phi) is 6.64. The number of hydrogen-bond acceptors (Lipinski definition) is 5. The van der Waals surface area contributed by atoms with E-state index in [9.17, 15) is 22.8 Å². The summed E-state index contributed by atoms with van der Waals surface area (Å²) in [6.45, 7) is 7.05. The number of nitrogens with two attached hydrogens (primary N) is 1. The molecule has 1 radical (unpaired) electrons. The second-order valence-electron chi connectivity index (χ2n) is 10.5. The van der Waals surface area contributed by atoms with Crippen LogP contribution in [0, 0.1) is 6.07 Å². The number of benzene rings is 2. The minimum Gasteiger partial charge on any atom is -0.444 e. The van der Waals surface area contributed by atoms with E-state index in [1.807, 2.05) is 6.07 Å². The van der Waals surface area contributed by atoms with Gasteiger partial charge >= 0.3 is 12.3 Å². The lowest BCUT2D eigenvalue weighted by atomic mass is 9.91.